The number of hydrogen-bond acceptors (Lipinski definition) is 2. The molecule has 3 nitrogen and oxygen atoms in total. The number of hydrogen-bond donors (Lipinski definition) is 1. The number of aliphatic carboxylic acids is 1. The van der Waals surface area contributed by atoms with Crippen LogP contribution in [0.25, 0.3) is 0 Å². The van der Waals surface area contributed by atoms with Crippen LogP contribution in [0.3, 0.4) is 0 Å². The van der Waals surface area contributed by atoms with Gasteiger partial charge in [0.15, 0.2) is 0 Å². The molecule has 0 saturated heterocycles. The van der Waals surface area contributed by atoms with E-state index in [1.165, 1.54) is 5.56 Å². The first-order valence-corrected chi connectivity index (χ1v) is 7.18. The Morgan fingerprint density at radius 1 is 1.57 bits per heavy atom. The third-order valence-electron chi connectivity index (χ3n) is 1.72. The minimum atomic E-state index is -0.687. The predicted molar refractivity (Wildman–Crippen MR) is 55.4 cm³/mol. The molecule has 75 valence electrons. The molecule has 1 heterocycles. The Hall–Kier alpha value is -0.822. The molecular weight excluding hydrogens is 241 g/mol. The molecule has 0 atom stereocenters. The Morgan fingerprint density at radius 2 is 2.43 bits per heavy atom. The van der Waals surface area contributed by atoms with Gasteiger partial charge in [0, 0.05) is 0 Å². The van der Waals surface area contributed by atoms with Gasteiger partial charge in [0.2, 0.25) is 0 Å². The van der Waals surface area contributed by atoms with Gasteiger partial charge in [-0.05, 0) is 0 Å². The number of aromatic nitrogens is 1. The van der Waals surface area contributed by atoms with Gasteiger partial charge >= 0.3 is 90.0 Å². The maximum absolute atomic E-state index is 10.2. The Morgan fingerprint density at radius 3 is 3.07 bits per heavy atom. The first kappa shape index (κ1) is 11.3. The van der Waals surface area contributed by atoms with E-state index in [1.54, 1.807) is 6.20 Å². The van der Waals surface area contributed by atoms with Crippen molar-refractivity contribution in [1.29, 1.82) is 0 Å². The van der Waals surface area contributed by atoms with Crippen LogP contribution >= 0.6 is 0 Å². The molecule has 0 aliphatic rings. The minimum absolute atomic E-state index is 0.248. The van der Waals surface area contributed by atoms with E-state index in [0.29, 0.717) is 6.42 Å². The Balaban J connectivity index is 2.08. The zero-order valence-electron chi connectivity index (χ0n) is 7.89. The van der Waals surface area contributed by atoms with Crippen molar-refractivity contribution in [2.75, 3.05) is 0 Å². The average molecular weight is 254 g/mol. The van der Waals surface area contributed by atoms with Crippen molar-refractivity contribution in [3.05, 3.63) is 30.1 Å². The fourth-order valence-electron chi connectivity index (χ4n) is 1.04. The summed E-state index contributed by atoms with van der Waals surface area (Å²) in [6.45, 7) is 0. The molecule has 1 aromatic rings. The number of rotatable bonds is 6. The van der Waals surface area contributed by atoms with E-state index >= 15 is 0 Å². The Kier molecular flexibility index (Phi) is 5.31. The van der Waals surface area contributed by atoms with Gasteiger partial charge in [-0.1, -0.05) is 0 Å². The van der Waals surface area contributed by atoms with Gasteiger partial charge in [-0.2, -0.15) is 0 Å². The number of carboxylic acids is 1. The molecule has 0 saturated carbocycles. The van der Waals surface area contributed by atoms with Crippen LogP contribution in [0.4, 0.5) is 0 Å². The maximum atomic E-state index is 10.2. The molecular formula is C10H13AsNO2. The zero-order chi connectivity index (χ0) is 10.2. The molecule has 0 aromatic carbocycles. The summed E-state index contributed by atoms with van der Waals surface area (Å²) in [7, 11) is 0. The van der Waals surface area contributed by atoms with Crippen LogP contribution in [0.15, 0.2) is 24.5 Å². The summed E-state index contributed by atoms with van der Waals surface area (Å²) >= 11 is 0.248. The van der Waals surface area contributed by atoms with Gasteiger partial charge in [0.25, 0.3) is 0 Å². The van der Waals surface area contributed by atoms with Crippen LogP contribution in [-0.4, -0.2) is 31.8 Å². The summed E-state index contributed by atoms with van der Waals surface area (Å²) in [5, 5.41) is 10.6. The Labute approximate surface area is 90.2 Å². The van der Waals surface area contributed by atoms with E-state index in [2.05, 4.69) is 11.1 Å². The summed E-state index contributed by atoms with van der Waals surface area (Å²) in [5.74, 6) is -0.687. The van der Waals surface area contributed by atoms with Crippen molar-refractivity contribution in [2.24, 2.45) is 0 Å². The van der Waals surface area contributed by atoms with Crippen LogP contribution in [0, 0.1) is 0 Å². The second kappa shape index (κ2) is 6.61. The first-order valence-electron chi connectivity index (χ1n) is 4.53. The van der Waals surface area contributed by atoms with Crippen LogP contribution in [0.2, 0.25) is 5.21 Å². The van der Waals surface area contributed by atoms with Crippen molar-refractivity contribution in [3.63, 3.8) is 0 Å². The van der Waals surface area contributed by atoms with Crippen LogP contribution in [0.1, 0.15) is 18.4 Å². The fourth-order valence-corrected chi connectivity index (χ4v) is 3.11. The van der Waals surface area contributed by atoms with Crippen molar-refractivity contribution >= 4 is 21.7 Å². The van der Waals surface area contributed by atoms with Crippen molar-refractivity contribution in [2.45, 2.75) is 23.3 Å². The molecule has 0 spiro atoms. The molecule has 0 aliphatic carbocycles. The monoisotopic (exact) mass is 254 g/mol. The predicted octanol–water partition coefficient (Wildman–Crippen LogP) is 1.57. The number of nitrogens with zero attached hydrogens (tertiary/aromatic N) is 1. The standard InChI is InChI=1S/C10H13AsNO2/c13-10(14)4-1-5-11-7-9-3-2-6-12-8-9/h2-3,6,8H,1,4-5,7H2,(H,13,14). The van der Waals surface area contributed by atoms with Gasteiger partial charge in [-0.3, -0.25) is 0 Å². The molecule has 0 fully saturated rings. The summed E-state index contributed by atoms with van der Waals surface area (Å²) in [6, 6.07) is 4.01. The van der Waals surface area contributed by atoms with Gasteiger partial charge in [-0.15, -0.1) is 0 Å². The van der Waals surface area contributed by atoms with Crippen molar-refractivity contribution in [1.82, 2.24) is 4.98 Å². The SMILES string of the molecule is O=C(O)CCC[As]Cc1cccnc1. The van der Waals surface area contributed by atoms with Crippen LogP contribution < -0.4 is 0 Å². The summed E-state index contributed by atoms with van der Waals surface area (Å²) in [6.07, 6.45) is 4.77. The van der Waals surface area contributed by atoms with E-state index in [-0.39, 0.29) is 15.8 Å². The van der Waals surface area contributed by atoms with E-state index in [0.717, 1.165) is 16.8 Å². The average Bonchev–Trinajstić information content (AvgIpc) is 2.18. The van der Waals surface area contributed by atoms with E-state index in [4.69, 9.17) is 5.11 Å². The van der Waals surface area contributed by atoms with Gasteiger partial charge in [-0.25, -0.2) is 0 Å². The van der Waals surface area contributed by atoms with Crippen LogP contribution in [0.5, 0.6) is 0 Å². The van der Waals surface area contributed by atoms with Crippen LogP contribution in [-0.2, 0) is 10.0 Å². The summed E-state index contributed by atoms with van der Waals surface area (Å²) in [4.78, 5) is 14.3. The van der Waals surface area contributed by atoms with Gasteiger partial charge in [0.1, 0.15) is 0 Å². The third-order valence-corrected chi connectivity index (χ3v) is 4.29. The molecule has 0 unspecified atom stereocenters. The second-order valence-electron chi connectivity index (χ2n) is 2.96. The molecule has 1 N–H and O–H groups in total. The topological polar surface area (TPSA) is 50.2 Å². The van der Waals surface area contributed by atoms with E-state index < -0.39 is 5.97 Å². The molecule has 0 bridgehead atoms. The number of pyridine rings is 1. The quantitative estimate of drug-likeness (QED) is 0.619. The van der Waals surface area contributed by atoms with Crippen molar-refractivity contribution < 1.29 is 9.90 Å². The molecule has 1 rings (SSSR count). The molecule has 1 aromatic heterocycles. The van der Waals surface area contributed by atoms with Gasteiger partial charge < -0.3 is 0 Å². The molecule has 14 heavy (non-hydrogen) atoms. The van der Waals surface area contributed by atoms with E-state index in [9.17, 15) is 4.79 Å². The Bertz CT molecular complexity index is 277. The molecule has 4 heteroatoms. The summed E-state index contributed by atoms with van der Waals surface area (Å²) in [5.41, 5.74) is 1.27. The molecule has 0 aliphatic heterocycles. The third kappa shape index (κ3) is 5.03. The number of carbonyl (C=O) groups is 1. The molecule has 1 radical (unpaired) electrons. The zero-order valence-corrected chi connectivity index (χ0v) is 9.76. The first-order chi connectivity index (χ1) is 6.79. The van der Waals surface area contributed by atoms with Crippen molar-refractivity contribution in [3.8, 4) is 0 Å². The fraction of sp³-hybridized carbons (Fsp3) is 0.400. The number of carboxylic acid groups (broad SMARTS) is 1. The normalized spacial score (nSPS) is 10.9. The van der Waals surface area contributed by atoms with Gasteiger partial charge in [0.05, 0.1) is 0 Å². The molecule has 0 amide bonds. The van der Waals surface area contributed by atoms with E-state index in [1.807, 2.05) is 12.3 Å². The second-order valence-corrected chi connectivity index (χ2v) is 5.50. The summed E-state index contributed by atoms with van der Waals surface area (Å²) < 4.78 is 0.